The predicted octanol–water partition coefficient (Wildman–Crippen LogP) is 1.87. The van der Waals surface area contributed by atoms with Gasteiger partial charge >= 0.3 is 0 Å². The molecule has 8 heteroatoms. The van der Waals surface area contributed by atoms with E-state index >= 15 is 0 Å². The van der Waals surface area contributed by atoms with Gasteiger partial charge in [-0.3, -0.25) is 4.90 Å². The lowest BCUT2D eigenvalue weighted by Crippen LogP contribution is -2.51. The van der Waals surface area contributed by atoms with Crippen LogP contribution in [0.5, 0.6) is 0 Å². The third-order valence-electron chi connectivity index (χ3n) is 7.76. The molecule has 5 heterocycles. The van der Waals surface area contributed by atoms with Gasteiger partial charge in [-0.15, -0.1) is 0 Å². The zero-order valence-corrected chi connectivity index (χ0v) is 19.0. The molecule has 0 saturated carbocycles. The first-order valence-corrected chi connectivity index (χ1v) is 11.6. The molecule has 2 fully saturated rings. The van der Waals surface area contributed by atoms with Crippen molar-refractivity contribution in [3.8, 4) is 6.07 Å². The molecule has 8 nitrogen and oxygen atoms in total. The molecular weight excluding hydrogens is 414 g/mol. The van der Waals surface area contributed by atoms with Gasteiger partial charge in [-0.25, -0.2) is 4.52 Å². The molecular formula is C25H29N7O. The largest absolute Gasteiger partial charge is 0.387 e. The Morgan fingerprint density at radius 1 is 1.15 bits per heavy atom. The summed E-state index contributed by atoms with van der Waals surface area (Å²) in [6.45, 7) is 8.10. The number of fused-ring (bicyclic) bond motifs is 4. The van der Waals surface area contributed by atoms with Gasteiger partial charge in [0, 0.05) is 44.5 Å². The van der Waals surface area contributed by atoms with Crippen LogP contribution in [0.3, 0.4) is 0 Å². The van der Waals surface area contributed by atoms with E-state index in [1.165, 1.54) is 11.1 Å². The SMILES string of the molecule is C[C@@H]1CN(c2ccc(C#N)n3nccc23)C[C@@H]2c3ccc(N4C[C@H](N)[C@@](C)(O)C4)cc3CN12. The van der Waals surface area contributed by atoms with Crippen LogP contribution in [-0.4, -0.2) is 63.5 Å². The number of nitriles is 1. The molecule has 4 atom stereocenters. The predicted molar refractivity (Wildman–Crippen MR) is 127 cm³/mol. The topological polar surface area (TPSA) is 97.1 Å². The molecule has 3 aromatic rings. The van der Waals surface area contributed by atoms with Crippen molar-refractivity contribution < 1.29 is 5.11 Å². The van der Waals surface area contributed by atoms with E-state index in [0.29, 0.717) is 30.9 Å². The van der Waals surface area contributed by atoms with E-state index in [-0.39, 0.29) is 6.04 Å². The zero-order chi connectivity index (χ0) is 22.9. The Hall–Kier alpha value is -3.12. The molecule has 2 aromatic heterocycles. The Morgan fingerprint density at radius 2 is 2.00 bits per heavy atom. The minimum absolute atomic E-state index is 0.238. The Balaban J connectivity index is 1.31. The van der Waals surface area contributed by atoms with Crippen LogP contribution in [0, 0.1) is 11.3 Å². The molecule has 0 aliphatic carbocycles. The van der Waals surface area contributed by atoms with Gasteiger partial charge in [-0.2, -0.15) is 10.4 Å². The minimum Gasteiger partial charge on any atom is -0.387 e. The lowest BCUT2D eigenvalue weighted by molar-refractivity contribution is 0.0674. The van der Waals surface area contributed by atoms with Crippen molar-refractivity contribution in [1.82, 2.24) is 14.5 Å². The van der Waals surface area contributed by atoms with Gasteiger partial charge < -0.3 is 20.6 Å². The Kier molecular flexibility index (Phi) is 4.46. The van der Waals surface area contributed by atoms with Gasteiger partial charge in [0.05, 0.1) is 35.1 Å². The Bertz CT molecular complexity index is 1280. The van der Waals surface area contributed by atoms with Crippen LogP contribution in [0.2, 0.25) is 0 Å². The van der Waals surface area contributed by atoms with E-state index in [1.807, 2.05) is 19.1 Å². The van der Waals surface area contributed by atoms with Crippen LogP contribution in [0.4, 0.5) is 11.4 Å². The van der Waals surface area contributed by atoms with Crippen molar-refractivity contribution in [1.29, 1.82) is 5.26 Å². The average Bonchev–Trinajstić information content (AvgIpc) is 3.49. The Labute approximate surface area is 193 Å². The molecule has 1 aromatic carbocycles. The van der Waals surface area contributed by atoms with Crippen molar-refractivity contribution >= 4 is 16.9 Å². The number of nitrogens with zero attached hydrogens (tertiary/aromatic N) is 6. The zero-order valence-electron chi connectivity index (χ0n) is 19.0. The molecule has 170 valence electrons. The van der Waals surface area contributed by atoms with Crippen LogP contribution >= 0.6 is 0 Å². The lowest BCUT2D eigenvalue weighted by atomic mass is 10.0. The molecule has 6 rings (SSSR count). The first kappa shape index (κ1) is 20.5. The molecule has 3 aliphatic heterocycles. The van der Waals surface area contributed by atoms with Crippen LogP contribution in [0.25, 0.3) is 5.52 Å². The summed E-state index contributed by atoms with van der Waals surface area (Å²) in [6.07, 6.45) is 1.76. The van der Waals surface area contributed by atoms with Crippen molar-refractivity contribution in [3.05, 3.63) is 59.4 Å². The van der Waals surface area contributed by atoms with E-state index in [4.69, 9.17) is 5.73 Å². The van der Waals surface area contributed by atoms with E-state index in [0.717, 1.165) is 36.5 Å². The number of nitrogens with two attached hydrogens (primary N) is 1. The standard InChI is InChI=1S/C25H29N7O/c1-16-11-29(21-6-4-19(10-26)32-22(21)7-8-28-32)13-23-20-5-3-18(9-17(20)12-31(16)23)30-14-24(27)25(2,33)15-30/h3-9,16,23-24,33H,11-15,27H2,1-2H3/t16-,23-,24+,25+/m1/s1. The summed E-state index contributed by atoms with van der Waals surface area (Å²) in [7, 11) is 0. The minimum atomic E-state index is -0.856. The number of anilines is 2. The molecule has 0 amide bonds. The number of pyridine rings is 1. The van der Waals surface area contributed by atoms with Gasteiger partial charge in [0.1, 0.15) is 11.8 Å². The summed E-state index contributed by atoms with van der Waals surface area (Å²) in [5.41, 5.74) is 11.8. The quantitative estimate of drug-likeness (QED) is 0.624. The van der Waals surface area contributed by atoms with Gasteiger partial charge in [-0.1, -0.05) is 6.07 Å². The van der Waals surface area contributed by atoms with E-state index in [2.05, 4.69) is 57.1 Å². The second-order valence-electron chi connectivity index (χ2n) is 10.0. The third-order valence-corrected chi connectivity index (χ3v) is 7.76. The molecule has 0 spiro atoms. The van der Waals surface area contributed by atoms with E-state index in [1.54, 1.807) is 10.7 Å². The number of hydrogen-bond acceptors (Lipinski definition) is 7. The lowest BCUT2D eigenvalue weighted by Gasteiger charge is -2.43. The van der Waals surface area contributed by atoms with Crippen LogP contribution in [0.15, 0.2) is 42.6 Å². The van der Waals surface area contributed by atoms with Crippen molar-refractivity contribution in [2.24, 2.45) is 5.73 Å². The summed E-state index contributed by atoms with van der Waals surface area (Å²) in [4.78, 5) is 7.23. The fraction of sp³-hybridized carbons (Fsp3) is 0.440. The smallest absolute Gasteiger partial charge is 0.142 e. The fourth-order valence-electron chi connectivity index (χ4n) is 5.86. The summed E-state index contributed by atoms with van der Waals surface area (Å²) >= 11 is 0. The monoisotopic (exact) mass is 443 g/mol. The van der Waals surface area contributed by atoms with Gasteiger partial charge in [0.2, 0.25) is 0 Å². The molecule has 2 saturated heterocycles. The average molecular weight is 444 g/mol. The number of piperazine rings is 1. The first-order chi connectivity index (χ1) is 15.9. The van der Waals surface area contributed by atoms with Crippen molar-refractivity contribution in [3.63, 3.8) is 0 Å². The normalized spacial score (nSPS) is 29.4. The maximum Gasteiger partial charge on any atom is 0.142 e. The van der Waals surface area contributed by atoms with Crippen molar-refractivity contribution in [2.45, 2.75) is 44.1 Å². The molecule has 3 aliphatic rings. The second kappa shape index (κ2) is 7.19. The second-order valence-corrected chi connectivity index (χ2v) is 10.0. The molecule has 3 N–H and O–H groups in total. The maximum atomic E-state index is 10.5. The van der Waals surface area contributed by atoms with Crippen molar-refractivity contribution in [2.75, 3.05) is 36.0 Å². The molecule has 0 radical (unpaired) electrons. The number of aromatic nitrogens is 2. The fourth-order valence-corrected chi connectivity index (χ4v) is 5.86. The van der Waals surface area contributed by atoms with E-state index < -0.39 is 5.60 Å². The maximum absolute atomic E-state index is 10.5. The third kappa shape index (κ3) is 3.11. The number of benzene rings is 1. The molecule has 33 heavy (non-hydrogen) atoms. The van der Waals surface area contributed by atoms with Crippen LogP contribution < -0.4 is 15.5 Å². The Morgan fingerprint density at radius 3 is 2.76 bits per heavy atom. The summed E-state index contributed by atoms with van der Waals surface area (Å²) in [5.74, 6) is 0. The highest BCUT2D eigenvalue weighted by Crippen LogP contribution is 2.42. The number of β-amino-alcohol motifs (C(OH)–C–C–N with tert-alkyl or cyclic N) is 1. The summed E-state index contributed by atoms with van der Waals surface area (Å²) in [5, 5.41) is 24.3. The van der Waals surface area contributed by atoms with E-state index in [9.17, 15) is 10.4 Å². The van der Waals surface area contributed by atoms with Gasteiger partial charge in [0.15, 0.2) is 0 Å². The highest BCUT2D eigenvalue weighted by molar-refractivity contribution is 5.74. The summed E-state index contributed by atoms with van der Waals surface area (Å²) < 4.78 is 1.73. The summed E-state index contributed by atoms with van der Waals surface area (Å²) in [6, 6.07) is 15.3. The number of rotatable bonds is 2. The molecule has 0 bridgehead atoms. The molecule has 0 unspecified atom stereocenters. The highest BCUT2D eigenvalue weighted by atomic mass is 16.3. The number of aliphatic hydroxyl groups is 1. The van der Waals surface area contributed by atoms with Gasteiger partial charge in [-0.05, 0) is 55.3 Å². The first-order valence-electron chi connectivity index (χ1n) is 11.6. The van der Waals surface area contributed by atoms with Crippen LogP contribution in [0.1, 0.15) is 36.7 Å². The van der Waals surface area contributed by atoms with Crippen LogP contribution in [-0.2, 0) is 6.54 Å². The highest BCUT2D eigenvalue weighted by Gasteiger charge is 2.41. The van der Waals surface area contributed by atoms with Gasteiger partial charge in [0.25, 0.3) is 0 Å². The number of hydrogen-bond donors (Lipinski definition) is 2.